The number of Topliss-reactive ketones (excluding diaryl/α,β-unsaturated/α-hetero) is 1. The predicted octanol–water partition coefficient (Wildman–Crippen LogP) is 4.64. The molecule has 0 radical (unpaired) electrons. The Hall–Kier alpha value is -2.09. The van der Waals surface area contributed by atoms with Crippen LogP contribution in [0.3, 0.4) is 0 Å². The highest BCUT2D eigenvalue weighted by Crippen LogP contribution is 2.42. The molecule has 1 aliphatic carbocycles. The highest BCUT2D eigenvalue weighted by Gasteiger charge is 2.28. The first-order valence-electron chi connectivity index (χ1n) is 8.72. The molecule has 0 saturated heterocycles. The molecule has 8 heteroatoms. The van der Waals surface area contributed by atoms with E-state index in [1.807, 2.05) is 18.2 Å². The van der Waals surface area contributed by atoms with Gasteiger partial charge >= 0.3 is 12.5 Å². The Kier molecular flexibility index (Phi) is 6.04. The summed E-state index contributed by atoms with van der Waals surface area (Å²) in [5.74, 6) is -0.844. The van der Waals surface area contributed by atoms with E-state index in [0.717, 1.165) is 28.4 Å². The van der Waals surface area contributed by atoms with Crippen molar-refractivity contribution in [3.63, 3.8) is 0 Å². The number of carbonyl (C=O) groups is 2. The van der Waals surface area contributed by atoms with Gasteiger partial charge in [0.05, 0.1) is 6.61 Å². The number of ether oxygens (including phenoxy) is 1. The Labute approximate surface area is 163 Å². The van der Waals surface area contributed by atoms with Crippen LogP contribution >= 0.6 is 15.9 Å². The van der Waals surface area contributed by atoms with Crippen molar-refractivity contribution in [2.75, 3.05) is 6.61 Å². The molecule has 144 valence electrons. The Balaban J connectivity index is 1.92. The van der Waals surface area contributed by atoms with E-state index in [9.17, 15) is 18.4 Å². The van der Waals surface area contributed by atoms with Crippen molar-refractivity contribution in [1.82, 2.24) is 9.78 Å². The zero-order valence-electron chi connectivity index (χ0n) is 14.8. The number of hydrogen-bond acceptors (Lipinski definition) is 4. The van der Waals surface area contributed by atoms with Crippen molar-refractivity contribution in [2.45, 2.75) is 45.1 Å². The third-order valence-corrected chi connectivity index (χ3v) is 4.88. The van der Waals surface area contributed by atoms with Crippen molar-refractivity contribution >= 4 is 27.7 Å². The number of ketones is 1. The number of benzene rings is 1. The summed E-state index contributed by atoms with van der Waals surface area (Å²) >= 11 is 3.44. The summed E-state index contributed by atoms with van der Waals surface area (Å²) in [5, 5.41) is 3.73. The summed E-state index contributed by atoms with van der Waals surface area (Å²) in [5.41, 5.74) is 2.40. The van der Waals surface area contributed by atoms with E-state index < -0.39 is 24.7 Å². The number of alkyl halides is 2. The summed E-state index contributed by atoms with van der Waals surface area (Å²) in [7, 11) is 0. The van der Waals surface area contributed by atoms with E-state index in [4.69, 9.17) is 4.74 Å². The van der Waals surface area contributed by atoms with Crippen LogP contribution in [0, 0.1) is 0 Å². The molecule has 1 heterocycles. The predicted molar refractivity (Wildman–Crippen MR) is 98.0 cm³/mol. The lowest BCUT2D eigenvalue weighted by atomic mass is 9.96. The van der Waals surface area contributed by atoms with Crippen molar-refractivity contribution in [3.05, 3.63) is 51.3 Å². The number of carbonyl (C=O) groups excluding carboxylic acids is 2. The molecule has 5 nitrogen and oxygen atoms in total. The maximum absolute atomic E-state index is 13.1. The molecule has 3 rings (SSSR count). The molecular formula is C19H19BrF2N2O3. The van der Waals surface area contributed by atoms with E-state index in [1.165, 1.54) is 6.20 Å². The van der Waals surface area contributed by atoms with E-state index in [1.54, 1.807) is 6.92 Å². The minimum Gasteiger partial charge on any atom is -0.466 e. The second-order valence-electron chi connectivity index (χ2n) is 6.46. The molecular weight excluding hydrogens is 422 g/mol. The Morgan fingerprint density at radius 2 is 2.07 bits per heavy atom. The average molecular weight is 441 g/mol. The van der Waals surface area contributed by atoms with Crippen LogP contribution in [0.25, 0.3) is 0 Å². The molecule has 2 aromatic rings. The number of rotatable bonds is 8. The summed E-state index contributed by atoms with van der Waals surface area (Å²) in [6.45, 7) is -1.09. The van der Waals surface area contributed by atoms with Gasteiger partial charge in [0.1, 0.15) is 12.1 Å². The standard InChI is InChI=1S/C19H19BrF2N2O3/c1-2-27-17(26)9-16(25)18-13(10-24(23-18)19(21)22)7-12-8-14(20)5-6-15(12)11-3-4-11/h5-6,8,10-11,19H,2-4,7,9H2,1H3. The molecule has 1 saturated carbocycles. The van der Waals surface area contributed by atoms with Crippen LogP contribution in [0.4, 0.5) is 8.78 Å². The fourth-order valence-electron chi connectivity index (χ4n) is 3.05. The minimum absolute atomic E-state index is 0.106. The molecule has 0 spiro atoms. The van der Waals surface area contributed by atoms with Gasteiger partial charge in [0.25, 0.3) is 0 Å². The molecule has 1 aliphatic rings. The normalized spacial score (nSPS) is 13.8. The van der Waals surface area contributed by atoms with Crippen LogP contribution in [-0.4, -0.2) is 28.1 Å². The number of hydrogen-bond donors (Lipinski definition) is 0. The fraction of sp³-hybridized carbons (Fsp3) is 0.421. The maximum atomic E-state index is 13.1. The quantitative estimate of drug-likeness (QED) is 0.340. The topological polar surface area (TPSA) is 61.2 Å². The van der Waals surface area contributed by atoms with Gasteiger partial charge in [0.15, 0.2) is 5.78 Å². The molecule has 27 heavy (non-hydrogen) atoms. The average Bonchev–Trinajstić information content (AvgIpc) is 3.34. The molecule has 0 N–H and O–H groups in total. The van der Waals surface area contributed by atoms with Crippen molar-refractivity contribution in [1.29, 1.82) is 0 Å². The van der Waals surface area contributed by atoms with Gasteiger partial charge in [0.2, 0.25) is 0 Å². The van der Waals surface area contributed by atoms with Crippen LogP contribution in [-0.2, 0) is 16.0 Å². The smallest absolute Gasteiger partial charge is 0.333 e. The monoisotopic (exact) mass is 440 g/mol. The van der Waals surface area contributed by atoms with Gasteiger partial charge in [-0.1, -0.05) is 22.0 Å². The number of halogens is 3. The largest absolute Gasteiger partial charge is 0.466 e. The molecule has 1 aromatic carbocycles. The maximum Gasteiger partial charge on any atom is 0.333 e. The van der Waals surface area contributed by atoms with E-state index in [2.05, 4.69) is 21.0 Å². The van der Waals surface area contributed by atoms with Gasteiger partial charge in [-0.3, -0.25) is 9.59 Å². The van der Waals surface area contributed by atoms with E-state index in [0.29, 0.717) is 22.6 Å². The Morgan fingerprint density at radius 1 is 1.33 bits per heavy atom. The van der Waals surface area contributed by atoms with Crippen LogP contribution in [0.15, 0.2) is 28.9 Å². The highest BCUT2D eigenvalue weighted by atomic mass is 79.9. The summed E-state index contributed by atoms with van der Waals surface area (Å²) < 4.78 is 32.3. The molecule has 0 atom stereocenters. The minimum atomic E-state index is -2.86. The van der Waals surface area contributed by atoms with Gasteiger partial charge in [-0.15, -0.1) is 0 Å². The second kappa shape index (κ2) is 8.29. The highest BCUT2D eigenvalue weighted by molar-refractivity contribution is 9.10. The van der Waals surface area contributed by atoms with Gasteiger partial charge in [-0.05, 0) is 48.9 Å². The lowest BCUT2D eigenvalue weighted by Crippen LogP contribution is -2.14. The van der Waals surface area contributed by atoms with Gasteiger partial charge in [-0.2, -0.15) is 13.9 Å². The molecule has 0 unspecified atom stereocenters. The zero-order valence-corrected chi connectivity index (χ0v) is 16.3. The number of aromatic nitrogens is 2. The molecule has 0 aliphatic heterocycles. The first kappa shape index (κ1) is 19.7. The van der Waals surface area contributed by atoms with Crippen molar-refractivity contribution < 1.29 is 23.1 Å². The van der Waals surface area contributed by atoms with Crippen LogP contribution in [0.5, 0.6) is 0 Å². The SMILES string of the molecule is CCOC(=O)CC(=O)c1nn(C(F)F)cc1Cc1cc(Br)ccc1C1CC1. The molecule has 0 amide bonds. The Bertz CT molecular complexity index is 863. The van der Waals surface area contributed by atoms with Crippen LogP contribution in [0.2, 0.25) is 0 Å². The van der Waals surface area contributed by atoms with Crippen molar-refractivity contribution in [2.24, 2.45) is 0 Å². The third kappa shape index (κ3) is 4.80. The Morgan fingerprint density at radius 3 is 2.70 bits per heavy atom. The van der Waals surface area contributed by atoms with Gasteiger partial charge in [-0.25, -0.2) is 4.68 Å². The lowest BCUT2D eigenvalue weighted by molar-refractivity contribution is -0.141. The van der Waals surface area contributed by atoms with Crippen LogP contribution in [0.1, 0.15) is 65.8 Å². The zero-order chi connectivity index (χ0) is 19.6. The van der Waals surface area contributed by atoms with Gasteiger partial charge in [0, 0.05) is 22.7 Å². The molecule has 1 aromatic heterocycles. The van der Waals surface area contributed by atoms with Gasteiger partial charge < -0.3 is 4.74 Å². The number of nitrogens with zero attached hydrogens (tertiary/aromatic N) is 2. The fourth-order valence-corrected chi connectivity index (χ4v) is 3.45. The molecule has 0 bridgehead atoms. The number of esters is 1. The summed E-state index contributed by atoms with van der Waals surface area (Å²) in [6, 6.07) is 5.91. The first-order valence-corrected chi connectivity index (χ1v) is 9.51. The van der Waals surface area contributed by atoms with E-state index >= 15 is 0 Å². The lowest BCUT2D eigenvalue weighted by Gasteiger charge is -2.09. The summed E-state index contributed by atoms with van der Waals surface area (Å²) in [6.07, 6.45) is 3.15. The second-order valence-corrected chi connectivity index (χ2v) is 7.38. The van der Waals surface area contributed by atoms with E-state index in [-0.39, 0.29) is 12.3 Å². The van der Waals surface area contributed by atoms with Crippen molar-refractivity contribution in [3.8, 4) is 0 Å². The summed E-state index contributed by atoms with van der Waals surface area (Å²) in [4.78, 5) is 24.0. The third-order valence-electron chi connectivity index (χ3n) is 4.39. The van der Waals surface area contributed by atoms with Crippen LogP contribution < -0.4 is 0 Å². The first-order chi connectivity index (χ1) is 12.9. The molecule has 1 fully saturated rings.